The van der Waals surface area contributed by atoms with Crippen LogP contribution in [0.15, 0.2) is 24.3 Å². The standard InChI is InChI=1S/C43H76N2O13/c1-13-29-21-24(2)32(56-34-20-19-30(44(8)9)26(4)53-34)18-16-14-15-17-25(3)52-33(47)22-31(46)40(51-12)39(29)58-42-37(48)36(45(10)11)38(27(5)55-42)57-35-23-43(7,50)41(49)28(6)54-35/h14-16,18,24-32,34-42,46,48-50H,13,17,19-23H2,1-12H3/b15-14+,18-16+/t24-,25-,26-,27-,28+,29+,30+,31-,32?,34+,35+,36-,37-,38-,39+,40+,41+,42+,43-/m1/s1. The van der Waals surface area contributed by atoms with Crippen LogP contribution in [0.5, 0.6) is 0 Å². The molecule has 0 aliphatic carbocycles. The molecule has 0 spiro atoms. The summed E-state index contributed by atoms with van der Waals surface area (Å²) in [6.45, 7) is 13.1. The maximum absolute atomic E-state index is 13.1. The molecule has 0 amide bonds. The lowest BCUT2D eigenvalue weighted by Crippen LogP contribution is -2.65. The van der Waals surface area contributed by atoms with Gasteiger partial charge in [0, 0.05) is 26.0 Å². The molecule has 15 nitrogen and oxygen atoms in total. The van der Waals surface area contributed by atoms with Gasteiger partial charge in [0.15, 0.2) is 18.9 Å². The van der Waals surface area contributed by atoms with E-state index < -0.39 is 85.1 Å². The van der Waals surface area contributed by atoms with E-state index in [4.69, 9.17) is 37.9 Å². The second-order valence-corrected chi connectivity index (χ2v) is 17.8. The van der Waals surface area contributed by atoms with E-state index in [1.54, 1.807) is 20.8 Å². The summed E-state index contributed by atoms with van der Waals surface area (Å²) in [6, 6.07) is -0.356. The number of nitrogens with zero attached hydrogens (tertiary/aromatic N) is 2. The van der Waals surface area contributed by atoms with Crippen LogP contribution in [0.1, 0.15) is 93.4 Å². The summed E-state index contributed by atoms with van der Waals surface area (Å²) in [5.74, 6) is -0.888. The van der Waals surface area contributed by atoms with Gasteiger partial charge in [0.1, 0.15) is 30.5 Å². The molecule has 0 aromatic rings. The zero-order valence-electron chi connectivity index (χ0n) is 37.0. The summed E-state index contributed by atoms with van der Waals surface area (Å²) < 4.78 is 50.4. The topological polar surface area (TPSA) is 178 Å². The molecule has 0 aromatic carbocycles. The molecule has 0 radical (unpaired) electrons. The van der Waals surface area contributed by atoms with Gasteiger partial charge in [-0.1, -0.05) is 44.6 Å². The lowest BCUT2D eigenvalue weighted by molar-refractivity contribution is -0.344. The summed E-state index contributed by atoms with van der Waals surface area (Å²) in [5, 5.41) is 45.1. The van der Waals surface area contributed by atoms with Gasteiger partial charge in [-0.15, -0.1) is 0 Å². The van der Waals surface area contributed by atoms with E-state index in [2.05, 4.69) is 32.8 Å². The Hall–Kier alpha value is -1.57. The normalized spacial score (nSPS) is 46.5. The van der Waals surface area contributed by atoms with Crippen LogP contribution in [0.25, 0.3) is 0 Å². The summed E-state index contributed by atoms with van der Waals surface area (Å²) in [5.41, 5.74) is -1.44. The Labute approximate surface area is 346 Å². The maximum Gasteiger partial charge on any atom is 0.308 e. The average molecular weight is 829 g/mol. The molecule has 3 fully saturated rings. The number of hydrogen-bond acceptors (Lipinski definition) is 15. The second kappa shape index (κ2) is 22.0. The smallest absolute Gasteiger partial charge is 0.308 e. The van der Waals surface area contributed by atoms with E-state index in [-0.39, 0.29) is 43.2 Å². The average Bonchev–Trinajstić information content (AvgIpc) is 3.13. The molecule has 4 rings (SSSR count). The highest BCUT2D eigenvalue weighted by Gasteiger charge is 2.51. The third-order valence-corrected chi connectivity index (χ3v) is 12.5. The quantitative estimate of drug-likeness (QED) is 0.236. The van der Waals surface area contributed by atoms with Crippen molar-refractivity contribution < 1.29 is 63.1 Å². The van der Waals surface area contributed by atoms with Gasteiger partial charge >= 0.3 is 5.97 Å². The number of aliphatic hydroxyl groups excluding tert-OH is 3. The number of hydrogen-bond donors (Lipinski definition) is 4. The number of carbonyl (C=O) groups is 1. The number of esters is 1. The van der Waals surface area contributed by atoms with Crippen molar-refractivity contribution in [1.29, 1.82) is 0 Å². The lowest BCUT2D eigenvalue weighted by Gasteiger charge is -2.50. The molecule has 58 heavy (non-hydrogen) atoms. The van der Waals surface area contributed by atoms with Crippen molar-refractivity contribution in [3.63, 3.8) is 0 Å². The van der Waals surface area contributed by atoms with Crippen molar-refractivity contribution in [1.82, 2.24) is 9.80 Å². The Balaban J connectivity index is 1.63. The van der Waals surface area contributed by atoms with Crippen LogP contribution in [-0.2, 0) is 42.7 Å². The van der Waals surface area contributed by atoms with Crippen LogP contribution in [-0.4, -0.2) is 175 Å². The third-order valence-electron chi connectivity index (χ3n) is 12.5. The number of likely N-dealkylation sites (N-methyl/N-ethyl adjacent to an activating group) is 2. The van der Waals surface area contributed by atoms with Gasteiger partial charge in [0.25, 0.3) is 0 Å². The van der Waals surface area contributed by atoms with E-state index in [1.807, 2.05) is 57.1 Å². The fourth-order valence-corrected chi connectivity index (χ4v) is 9.15. The first-order chi connectivity index (χ1) is 27.3. The fraction of sp³-hybridized carbons (Fsp3) is 0.884. The predicted octanol–water partition coefficient (Wildman–Crippen LogP) is 3.15. The van der Waals surface area contributed by atoms with Gasteiger partial charge in [0.05, 0.1) is 54.7 Å². The van der Waals surface area contributed by atoms with Gasteiger partial charge in [-0.3, -0.25) is 4.79 Å². The summed E-state index contributed by atoms with van der Waals surface area (Å²) in [7, 11) is 9.24. The van der Waals surface area contributed by atoms with Crippen LogP contribution in [0.2, 0.25) is 0 Å². The first-order valence-corrected chi connectivity index (χ1v) is 21.4. The van der Waals surface area contributed by atoms with Crippen LogP contribution >= 0.6 is 0 Å². The molecule has 4 N–H and O–H groups in total. The predicted molar refractivity (Wildman–Crippen MR) is 216 cm³/mol. The Bertz CT molecular complexity index is 1320. The number of methoxy groups -OCH3 is 1. The van der Waals surface area contributed by atoms with Crippen LogP contribution in [0.3, 0.4) is 0 Å². The summed E-state index contributed by atoms with van der Waals surface area (Å²) in [4.78, 5) is 17.1. The van der Waals surface area contributed by atoms with E-state index in [9.17, 15) is 25.2 Å². The van der Waals surface area contributed by atoms with Gasteiger partial charge in [-0.05, 0) is 93.9 Å². The molecular formula is C43H76N2O13. The minimum absolute atomic E-state index is 0.00438. The number of ether oxygens (including phenoxy) is 8. The molecule has 4 aliphatic heterocycles. The van der Waals surface area contributed by atoms with Crippen molar-refractivity contribution >= 4 is 5.97 Å². The van der Waals surface area contributed by atoms with Crippen LogP contribution < -0.4 is 0 Å². The monoisotopic (exact) mass is 829 g/mol. The van der Waals surface area contributed by atoms with E-state index in [0.29, 0.717) is 25.3 Å². The molecular weight excluding hydrogens is 752 g/mol. The molecule has 4 aliphatic rings. The zero-order valence-corrected chi connectivity index (χ0v) is 37.0. The van der Waals surface area contributed by atoms with Gasteiger partial charge < -0.3 is 68.1 Å². The molecule has 336 valence electrons. The third kappa shape index (κ3) is 12.7. The molecule has 3 saturated heterocycles. The minimum atomic E-state index is -1.44. The van der Waals surface area contributed by atoms with Gasteiger partial charge in [0.2, 0.25) is 0 Å². The molecule has 0 aromatic heterocycles. The maximum atomic E-state index is 13.1. The van der Waals surface area contributed by atoms with Crippen molar-refractivity contribution in [2.45, 2.75) is 197 Å². The Morgan fingerprint density at radius 1 is 0.845 bits per heavy atom. The molecule has 4 heterocycles. The zero-order chi connectivity index (χ0) is 43.1. The van der Waals surface area contributed by atoms with Crippen molar-refractivity contribution in [3.05, 3.63) is 24.3 Å². The number of carbonyl (C=O) groups excluding carboxylic acids is 1. The van der Waals surface area contributed by atoms with Crippen molar-refractivity contribution in [2.24, 2.45) is 11.8 Å². The van der Waals surface area contributed by atoms with Crippen molar-refractivity contribution in [2.75, 3.05) is 35.3 Å². The van der Waals surface area contributed by atoms with E-state index in [0.717, 1.165) is 12.8 Å². The fourth-order valence-electron chi connectivity index (χ4n) is 9.15. The Morgan fingerprint density at radius 3 is 2.14 bits per heavy atom. The van der Waals surface area contributed by atoms with Crippen LogP contribution in [0, 0.1) is 11.8 Å². The highest BCUT2D eigenvalue weighted by atomic mass is 16.7. The largest absolute Gasteiger partial charge is 0.462 e. The molecule has 19 atom stereocenters. The second-order valence-electron chi connectivity index (χ2n) is 17.8. The minimum Gasteiger partial charge on any atom is -0.462 e. The number of rotatable bonds is 10. The first-order valence-electron chi connectivity index (χ1n) is 21.4. The van der Waals surface area contributed by atoms with Gasteiger partial charge in [-0.2, -0.15) is 0 Å². The molecule has 0 bridgehead atoms. The summed E-state index contributed by atoms with van der Waals surface area (Å²) in [6.07, 6.45) is 0.174. The van der Waals surface area contributed by atoms with E-state index >= 15 is 0 Å². The molecule has 1 unspecified atom stereocenters. The highest BCUT2D eigenvalue weighted by Crippen LogP contribution is 2.37. The SMILES string of the molecule is CC[C@H]1C[C@@H](C)C(O[C@H]2CC[C@H](N(C)C)[C@@H](C)O2)/C=C/C=C/C[C@@H](C)OC(=O)C[C@@H](O)[C@H](OC)[C@H]1O[C@@H]1O[C@H](C)[C@@H](O[C@H]2C[C@@](C)(O)[C@@H](O)[C@H](C)O2)[C@H](N(C)C)[C@H]1O. The Morgan fingerprint density at radius 2 is 1.53 bits per heavy atom. The highest BCUT2D eigenvalue weighted by molar-refractivity contribution is 5.70. The van der Waals surface area contributed by atoms with Crippen LogP contribution in [0.4, 0.5) is 0 Å². The summed E-state index contributed by atoms with van der Waals surface area (Å²) >= 11 is 0. The number of allylic oxidation sites excluding steroid dienone is 2. The van der Waals surface area contributed by atoms with Gasteiger partial charge in [-0.25, -0.2) is 0 Å². The first kappa shape index (κ1) is 49.1. The lowest BCUT2D eigenvalue weighted by atomic mass is 9.82. The Kier molecular flexibility index (Phi) is 18.6. The molecule has 15 heteroatoms. The number of aliphatic hydroxyl groups is 4. The van der Waals surface area contributed by atoms with E-state index in [1.165, 1.54) is 7.11 Å². The van der Waals surface area contributed by atoms with Crippen molar-refractivity contribution in [3.8, 4) is 0 Å². The number of cyclic esters (lactones) is 1. The molecule has 0 saturated carbocycles.